The van der Waals surface area contributed by atoms with E-state index < -0.39 is 54.0 Å². The molecule has 1 rings (SSSR count). The van der Waals surface area contributed by atoms with Crippen molar-refractivity contribution in [2.45, 2.75) is 70.3 Å². The maximum Gasteiger partial charge on any atom is 0.327 e. The van der Waals surface area contributed by atoms with Gasteiger partial charge in [0.25, 0.3) is 0 Å². The molecule has 0 aromatic rings. The number of carbonyl (C=O) groups excluding carboxylic acids is 3. The Labute approximate surface area is 176 Å². The van der Waals surface area contributed by atoms with Gasteiger partial charge in [-0.15, -0.1) is 0 Å². The summed E-state index contributed by atoms with van der Waals surface area (Å²) in [4.78, 5) is 50.4. The Morgan fingerprint density at radius 1 is 1.17 bits per heavy atom. The zero-order valence-corrected chi connectivity index (χ0v) is 17.9. The third-order valence-corrected chi connectivity index (χ3v) is 5.14. The van der Waals surface area contributed by atoms with E-state index >= 15 is 0 Å². The molecule has 0 saturated carbocycles. The number of rotatable bonds is 10. The summed E-state index contributed by atoms with van der Waals surface area (Å²) in [5, 5.41) is 23.6. The Balaban J connectivity index is 2.94. The van der Waals surface area contributed by atoms with Gasteiger partial charge in [0.2, 0.25) is 17.7 Å². The van der Waals surface area contributed by atoms with Crippen molar-refractivity contribution in [1.82, 2.24) is 15.5 Å². The van der Waals surface area contributed by atoms with Crippen LogP contribution < -0.4 is 16.4 Å². The van der Waals surface area contributed by atoms with Crippen LogP contribution in [-0.2, 0) is 19.2 Å². The second-order valence-electron chi connectivity index (χ2n) is 7.73. The van der Waals surface area contributed by atoms with Gasteiger partial charge in [0, 0.05) is 12.3 Å². The topological polar surface area (TPSA) is 162 Å². The highest BCUT2D eigenvalue weighted by Crippen LogP contribution is 2.21. The predicted molar refractivity (Wildman–Crippen MR) is 109 cm³/mol. The minimum Gasteiger partial charge on any atom is -0.480 e. The van der Waals surface area contributed by atoms with Crippen molar-refractivity contribution in [1.29, 1.82) is 0 Å². The normalized spacial score (nSPS) is 20.7. The molecule has 0 radical (unpaired) electrons. The summed E-state index contributed by atoms with van der Waals surface area (Å²) >= 11 is 3.92. The number of likely N-dealkylation sites (tertiary alicyclic amines) is 1. The first kappa shape index (κ1) is 25.2. The fourth-order valence-electron chi connectivity index (χ4n) is 3.14. The molecule has 0 aliphatic carbocycles. The molecule has 5 unspecified atom stereocenters. The highest BCUT2D eigenvalue weighted by molar-refractivity contribution is 7.80. The van der Waals surface area contributed by atoms with Crippen molar-refractivity contribution in [2.75, 3.05) is 12.3 Å². The Morgan fingerprint density at radius 2 is 1.79 bits per heavy atom. The number of nitrogens with one attached hydrogen (secondary N) is 2. The van der Waals surface area contributed by atoms with E-state index in [1.54, 1.807) is 0 Å². The third kappa shape index (κ3) is 7.16. The van der Waals surface area contributed by atoms with Crippen LogP contribution in [0.5, 0.6) is 0 Å². The number of hydrogen-bond acceptors (Lipinski definition) is 7. The Kier molecular flexibility index (Phi) is 9.87. The van der Waals surface area contributed by atoms with Gasteiger partial charge in [-0.2, -0.15) is 12.6 Å². The maximum absolute atomic E-state index is 13.1. The van der Waals surface area contributed by atoms with Crippen LogP contribution in [0.1, 0.15) is 40.0 Å². The molecule has 3 amide bonds. The first-order chi connectivity index (χ1) is 13.5. The zero-order valence-electron chi connectivity index (χ0n) is 17.0. The maximum atomic E-state index is 13.1. The molecule has 1 heterocycles. The fourth-order valence-corrected chi connectivity index (χ4v) is 3.38. The Morgan fingerprint density at radius 3 is 2.28 bits per heavy atom. The lowest BCUT2D eigenvalue weighted by Crippen LogP contribution is -2.58. The number of carboxylic acid groups (broad SMARTS) is 1. The molecule has 1 aliphatic heterocycles. The molecule has 0 bridgehead atoms. The van der Waals surface area contributed by atoms with Gasteiger partial charge in [0.05, 0.1) is 6.10 Å². The minimum absolute atomic E-state index is 0.0717. The lowest BCUT2D eigenvalue weighted by Gasteiger charge is -2.30. The molecule has 166 valence electrons. The zero-order chi connectivity index (χ0) is 22.3. The Bertz CT molecular complexity index is 615. The van der Waals surface area contributed by atoms with E-state index in [-0.39, 0.29) is 11.7 Å². The van der Waals surface area contributed by atoms with E-state index in [2.05, 4.69) is 23.3 Å². The van der Waals surface area contributed by atoms with Gasteiger partial charge in [-0.25, -0.2) is 4.79 Å². The van der Waals surface area contributed by atoms with Crippen molar-refractivity contribution < 1.29 is 29.4 Å². The van der Waals surface area contributed by atoms with Crippen LogP contribution in [-0.4, -0.2) is 81.4 Å². The summed E-state index contributed by atoms with van der Waals surface area (Å²) in [6, 6.07) is -4.05. The second kappa shape index (κ2) is 11.4. The average Bonchev–Trinajstić information content (AvgIpc) is 3.13. The monoisotopic (exact) mass is 432 g/mol. The summed E-state index contributed by atoms with van der Waals surface area (Å²) in [6.07, 6.45) is 0.227. The second-order valence-corrected chi connectivity index (χ2v) is 8.09. The molecule has 1 saturated heterocycles. The van der Waals surface area contributed by atoms with Crippen molar-refractivity contribution in [3.8, 4) is 0 Å². The summed E-state index contributed by atoms with van der Waals surface area (Å²) in [7, 11) is 0. The van der Waals surface area contributed by atoms with E-state index in [1.165, 1.54) is 11.8 Å². The highest BCUT2D eigenvalue weighted by atomic mass is 32.1. The lowest BCUT2D eigenvalue weighted by molar-refractivity contribution is -0.144. The highest BCUT2D eigenvalue weighted by Gasteiger charge is 2.39. The SMILES string of the molecule is CC(C)CC(NC(=O)C(N)C(C)O)C(=O)N1CCCC1C(=O)NC(CS)C(=O)O. The number of aliphatic hydroxyl groups is 1. The lowest BCUT2D eigenvalue weighted by atomic mass is 10.0. The standard InChI is InChI=1S/C18H32N4O6S/c1-9(2)7-11(20-16(25)14(19)10(3)23)17(26)22-6-4-5-13(22)15(24)21-12(8-29)18(27)28/h9-14,23,29H,4-8,19H2,1-3H3,(H,20,25)(H,21,24)(H,27,28). The minimum atomic E-state index is -1.21. The van der Waals surface area contributed by atoms with Gasteiger partial charge < -0.3 is 31.5 Å². The summed E-state index contributed by atoms with van der Waals surface area (Å²) in [5.41, 5.74) is 5.65. The smallest absolute Gasteiger partial charge is 0.327 e. The van der Waals surface area contributed by atoms with Crippen LogP contribution in [0.3, 0.4) is 0 Å². The molecule has 1 fully saturated rings. The van der Waals surface area contributed by atoms with Crippen LogP contribution >= 0.6 is 12.6 Å². The molecule has 11 heteroatoms. The number of nitrogens with two attached hydrogens (primary N) is 1. The molecule has 0 aromatic heterocycles. The quantitative estimate of drug-likeness (QED) is 0.234. The van der Waals surface area contributed by atoms with E-state index in [0.717, 1.165) is 0 Å². The van der Waals surface area contributed by atoms with Crippen LogP contribution in [0, 0.1) is 5.92 Å². The van der Waals surface area contributed by atoms with E-state index in [0.29, 0.717) is 25.8 Å². The van der Waals surface area contributed by atoms with Gasteiger partial charge in [-0.05, 0) is 32.1 Å². The van der Waals surface area contributed by atoms with Gasteiger partial charge in [-0.1, -0.05) is 13.8 Å². The van der Waals surface area contributed by atoms with Gasteiger partial charge in [0.1, 0.15) is 24.2 Å². The molecule has 1 aliphatic rings. The molecular formula is C18H32N4O6S. The van der Waals surface area contributed by atoms with Crippen molar-refractivity contribution in [3.05, 3.63) is 0 Å². The number of carboxylic acids is 1. The number of aliphatic carboxylic acids is 1. The number of hydrogen-bond donors (Lipinski definition) is 6. The van der Waals surface area contributed by atoms with E-state index in [9.17, 15) is 24.3 Å². The molecule has 5 atom stereocenters. The predicted octanol–water partition coefficient (Wildman–Crippen LogP) is -1.28. The van der Waals surface area contributed by atoms with Crippen molar-refractivity contribution in [3.63, 3.8) is 0 Å². The van der Waals surface area contributed by atoms with Crippen molar-refractivity contribution >= 4 is 36.3 Å². The summed E-state index contributed by atoms with van der Waals surface area (Å²) in [5.74, 6) is -2.86. The van der Waals surface area contributed by atoms with Gasteiger partial charge in [0.15, 0.2) is 0 Å². The molecule has 6 N–H and O–H groups in total. The largest absolute Gasteiger partial charge is 0.480 e. The number of carbonyl (C=O) groups is 4. The average molecular weight is 433 g/mol. The van der Waals surface area contributed by atoms with Crippen molar-refractivity contribution in [2.24, 2.45) is 11.7 Å². The molecular weight excluding hydrogens is 400 g/mol. The molecule has 10 nitrogen and oxygen atoms in total. The van der Waals surface area contributed by atoms with E-state index in [4.69, 9.17) is 10.8 Å². The fraction of sp³-hybridized carbons (Fsp3) is 0.778. The first-order valence-electron chi connectivity index (χ1n) is 9.68. The molecule has 0 aromatic carbocycles. The number of amides is 3. The van der Waals surface area contributed by atoms with Crippen LogP contribution in [0.4, 0.5) is 0 Å². The van der Waals surface area contributed by atoms with E-state index in [1.807, 2.05) is 13.8 Å². The van der Waals surface area contributed by atoms with Crippen LogP contribution in [0.25, 0.3) is 0 Å². The number of thiol groups is 1. The third-order valence-electron chi connectivity index (χ3n) is 4.78. The van der Waals surface area contributed by atoms with Crippen LogP contribution in [0.15, 0.2) is 0 Å². The van der Waals surface area contributed by atoms with Crippen LogP contribution in [0.2, 0.25) is 0 Å². The van der Waals surface area contributed by atoms with Gasteiger partial charge >= 0.3 is 5.97 Å². The Hall–Kier alpha value is -1.85. The molecule has 29 heavy (non-hydrogen) atoms. The first-order valence-corrected chi connectivity index (χ1v) is 10.3. The number of aliphatic hydroxyl groups excluding tert-OH is 1. The summed E-state index contributed by atoms with van der Waals surface area (Å²) < 4.78 is 0. The molecule has 0 spiro atoms. The summed E-state index contributed by atoms with van der Waals surface area (Å²) in [6.45, 7) is 5.48. The number of nitrogens with zero attached hydrogens (tertiary/aromatic N) is 1. The van der Waals surface area contributed by atoms with Gasteiger partial charge in [-0.3, -0.25) is 14.4 Å².